The van der Waals surface area contributed by atoms with Gasteiger partial charge in [0, 0.05) is 42.9 Å². The quantitative estimate of drug-likeness (QED) is 0.860. The van der Waals surface area contributed by atoms with Gasteiger partial charge in [0.2, 0.25) is 0 Å². The molecule has 1 fully saturated rings. The maximum absolute atomic E-state index is 9.42. The third-order valence-corrected chi connectivity index (χ3v) is 3.46. The number of aromatic hydroxyl groups is 1. The Labute approximate surface area is 101 Å². The molecule has 3 rings (SSSR count). The minimum atomic E-state index is 0.303. The first-order valence-corrected chi connectivity index (χ1v) is 6.10. The number of phenolic OH excluding ortho intramolecular Hbond substituents is 1. The molecule has 1 aliphatic rings. The van der Waals surface area contributed by atoms with E-state index in [1.54, 1.807) is 12.1 Å². The Morgan fingerprint density at radius 1 is 1.35 bits per heavy atom. The Morgan fingerprint density at radius 3 is 3.00 bits per heavy atom. The fourth-order valence-corrected chi connectivity index (χ4v) is 2.47. The first kappa shape index (κ1) is 10.7. The molecule has 3 nitrogen and oxygen atoms in total. The minimum Gasteiger partial charge on any atom is -0.508 e. The number of rotatable bonds is 2. The van der Waals surface area contributed by atoms with Crippen LogP contribution in [0.3, 0.4) is 0 Å². The molecule has 89 valence electrons. The van der Waals surface area contributed by atoms with E-state index >= 15 is 0 Å². The van der Waals surface area contributed by atoms with Gasteiger partial charge in [-0.2, -0.15) is 0 Å². The summed E-state index contributed by atoms with van der Waals surface area (Å²) in [6.07, 6.45) is 4.26. The van der Waals surface area contributed by atoms with Crippen LogP contribution in [0.1, 0.15) is 12.8 Å². The summed E-state index contributed by atoms with van der Waals surface area (Å²) in [4.78, 5) is 0. The number of hydrogen-bond donors (Lipinski definition) is 1. The normalized spacial score (nSPS) is 17.6. The number of nitrogens with zero attached hydrogens (tertiary/aromatic N) is 1. The van der Waals surface area contributed by atoms with Gasteiger partial charge in [0.25, 0.3) is 0 Å². The van der Waals surface area contributed by atoms with Crippen molar-refractivity contribution in [1.29, 1.82) is 0 Å². The van der Waals surface area contributed by atoms with Crippen molar-refractivity contribution in [1.82, 2.24) is 4.57 Å². The van der Waals surface area contributed by atoms with Crippen LogP contribution in [0.15, 0.2) is 24.4 Å². The van der Waals surface area contributed by atoms with Gasteiger partial charge in [-0.15, -0.1) is 0 Å². The summed E-state index contributed by atoms with van der Waals surface area (Å²) in [7, 11) is 0. The van der Waals surface area contributed by atoms with Gasteiger partial charge in [-0.3, -0.25) is 0 Å². The fourth-order valence-electron chi connectivity index (χ4n) is 2.47. The Bertz CT molecular complexity index is 512. The van der Waals surface area contributed by atoms with Crippen molar-refractivity contribution < 1.29 is 9.84 Å². The zero-order chi connectivity index (χ0) is 11.7. The molecule has 0 aliphatic carbocycles. The lowest BCUT2D eigenvalue weighted by molar-refractivity contribution is 0.0616. The standard InChI is InChI=1S/C14H16NO2/c16-13-1-2-14-12(9-13)3-6-15(14)10-11-4-7-17-8-5-11/h1-2,6,9,11,16H,4-5,7-8,10H2. The second-order valence-electron chi connectivity index (χ2n) is 4.68. The summed E-state index contributed by atoms with van der Waals surface area (Å²) in [5.74, 6) is 0.999. The Hall–Kier alpha value is -1.48. The highest BCUT2D eigenvalue weighted by atomic mass is 16.5. The zero-order valence-electron chi connectivity index (χ0n) is 9.72. The molecule has 1 radical (unpaired) electrons. The van der Waals surface area contributed by atoms with E-state index in [2.05, 4.69) is 10.6 Å². The van der Waals surface area contributed by atoms with Crippen molar-refractivity contribution in [3.05, 3.63) is 30.5 Å². The highest BCUT2D eigenvalue weighted by molar-refractivity contribution is 5.80. The monoisotopic (exact) mass is 230 g/mol. The summed E-state index contributed by atoms with van der Waals surface area (Å²) in [5, 5.41) is 10.4. The summed E-state index contributed by atoms with van der Waals surface area (Å²) in [6.45, 7) is 2.79. The van der Waals surface area contributed by atoms with Crippen molar-refractivity contribution in [2.45, 2.75) is 19.4 Å². The summed E-state index contributed by atoms with van der Waals surface area (Å²) in [5.41, 5.74) is 1.15. The van der Waals surface area contributed by atoms with E-state index in [1.807, 2.05) is 12.3 Å². The van der Waals surface area contributed by atoms with Crippen LogP contribution in [-0.4, -0.2) is 22.9 Å². The fraction of sp³-hybridized carbons (Fsp3) is 0.429. The van der Waals surface area contributed by atoms with Gasteiger partial charge in [0.1, 0.15) is 5.75 Å². The maximum atomic E-state index is 9.42. The second kappa shape index (κ2) is 4.41. The average molecular weight is 230 g/mol. The van der Waals surface area contributed by atoms with E-state index in [0.717, 1.165) is 43.5 Å². The molecule has 0 atom stereocenters. The molecule has 1 aromatic carbocycles. The molecule has 0 spiro atoms. The van der Waals surface area contributed by atoms with E-state index < -0.39 is 0 Å². The van der Waals surface area contributed by atoms with Gasteiger partial charge < -0.3 is 14.4 Å². The molecular weight excluding hydrogens is 214 g/mol. The smallest absolute Gasteiger partial charge is 0.116 e. The molecule has 1 aliphatic heterocycles. The van der Waals surface area contributed by atoms with Crippen molar-refractivity contribution in [3.8, 4) is 5.75 Å². The third kappa shape index (κ3) is 2.15. The molecule has 0 saturated carbocycles. The van der Waals surface area contributed by atoms with Gasteiger partial charge >= 0.3 is 0 Å². The molecule has 0 amide bonds. The molecule has 17 heavy (non-hydrogen) atoms. The maximum Gasteiger partial charge on any atom is 0.116 e. The molecule has 1 N–H and O–H groups in total. The van der Waals surface area contributed by atoms with Gasteiger partial charge in [-0.05, 0) is 37.0 Å². The minimum absolute atomic E-state index is 0.303. The topological polar surface area (TPSA) is 34.4 Å². The van der Waals surface area contributed by atoms with E-state index in [1.165, 1.54) is 0 Å². The Kier molecular flexibility index (Phi) is 2.77. The van der Waals surface area contributed by atoms with E-state index in [-0.39, 0.29) is 0 Å². The summed E-state index contributed by atoms with van der Waals surface area (Å²) < 4.78 is 7.60. The lowest BCUT2D eigenvalue weighted by Gasteiger charge is -2.22. The summed E-state index contributed by atoms with van der Waals surface area (Å²) >= 11 is 0. The van der Waals surface area contributed by atoms with E-state index in [0.29, 0.717) is 11.7 Å². The van der Waals surface area contributed by atoms with Crippen LogP contribution in [0.5, 0.6) is 5.75 Å². The van der Waals surface area contributed by atoms with E-state index in [4.69, 9.17) is 4.74 Å². The number of hydrogen-bond acceptors (Lipinski definition) is 2. The Balaban J connectivity index is 1.84. The van der Waals surface area contributed by atoms with Crippen LogP contribution in [0.25, 0.3) is 10.9 Å². The average Bonchev–Trinajstić information content (AvgIpc) is 2.73. The number of fused-ring (bicyclic) bond motifs is 1. The van der Waals surface area contributed by atoms with Crippen LogP contribution in [0.2, 0.25) is 0 Å². The predicted molar refractivity (Wildman–Crippen MR) is 66.0 cm³/mol. The molecule has 1 saturated heterocycles. The number of benzene rings is 1. The SMILES string of the molecule is Oc1ccc2c([c]cn2CC2CCOCC2)c1. The zero-order valence-corrected chi connectivity index (χ0v) is 9.72. The van der Waals surface area contributed by atoms with Crippen LogP contribution >= 0.6 is 0 Å². The van der Waals surface area contributed by atoms with Gasteiger partial charge in [-0.1, -0.05) is 0 Å². The molecule has 0 unspecified atom stereocenters. The van der Waals surface area contributed by atoms with Crippen molar-refractivity contribution in [2.75, 3.05) is 13.2 Å². The lowest BCUT2D eigenvalue weighted by atomic mass is 10.0. The molecule has 2 aromatic rings. The third-order valence-electron chi connectivity index (χ3n) is 3.46. The van der Waals surface area contributed by atoms with Crippen LogP contribution in [0, 0.1) is 12.0 Å². The van der Waals surface area contributed by atoms with Gasteiger partial charge in [-0.25, -0.2) is 0 Å². The van der Waals surface area contributed by atoms with Crippen LogP contribution in [0.4, 0.5) is 0 Å². The van der Waals surface area contributed by atoms with E-state index in [9.17, 15) is 5.11 Å². The van der Waals surface area contributed by atoms with Gasteiger partial charge in [0.15, 0.2) is 0 Å². The molecule has 3 heteroatoms. The Morgan fingerprint density at radius 2 is 2.18 bits per heavy atom. The van der Waals surface area contributed by atoms with Gasteiger partial charge in [0.05, 0.1) is 0 Å². The summed E-state index contributed by atoms with van der Waals surface area (Å²) in [6, 6.07) is 8.64. The predicted octanol–water partition coefficient (Wildman–Crippen LogP) is 2.57. The van der Waals surface area contributed by atoms with Crippen molar-refractivity contribution in [3.63, 3.8) is 0 Å². The van der Waals surface area contributed by atoms with Crippen LogP contribution < -0.4 is 0 Å². The first-order chi connectivity index (χ1) is 8.33. The second-order valence-corrected chi connectivity index (χ2v) is 4.68. The highest BCUT2D eigenvalue weighted by Gasteiger charge is 2.15. The van der Waals surface area contributed by atoms with Crippen molar-refractivity contribution in [2.24, 2.45) is 5.92 Å². The number of ether oxygens (including phenoxy) is 1. The number of aromatic nitrogens is 1. The van der Waals surface area contributed by atoms with Crippen molar-refractivity contribution >= 4 is 10.9 Å². The lowest BCUT2D eigenvalue weighted by Crippen LogP contribution is -2.19. The first-order valence-electron chi connectivity index (χ1n) is 6.10. The van der Waals surface area contributed by atoms with Crippen LogP contribution in [-0.2, 0) is 11.3 Å². The molecular formula is C14H16NO2. The molecule has 2 heterocycles. The highest BCUT2D eigenvalue weighted by Crippen LogP contribution is 2.23. The molecule has 1 aromatic heterocycles. The molecule has 0 bridgehead atoms. The largest absolute Gasteiger partial charge is 0.508 e. The number of phenols is 1.